The fourth-order valence-electron chi connectivity index (χ4n) is 6.24. The highest BCUT2D eigenvalue weighted by atomic mass is 32.1. The van der Waals surface area contributed by atoms with E-state index in [0.29, 0.717) is 64.3 Å². The zero-order chi connectivity index (χ0) is 38.1. The maximum Gasteiger partial charge on any atom is 0.407 e. The zero-order valence-corrected chi connectivity index (χ0v) is 33.1. The SMILES string of the molecule is CC(C)c1ncc(CN(C)C(=O)N[C@@H](CCN2CCOCC2)C(=O)N[C@H](CC[C@H](Cc2ccccc2)NC(=O)OCc2cncs2)Cc2ccccc2)s1. The minimum atomic E-state index is -0.756. The first-order chi connectivity index (χ1) is 26.2. The third-order valence-corrected chi connectivity index (χ3v) is 11.3. The van der Waals surface area contributed by atoms with Crippen LogP contribution in [-0.2, 0) is 40.3 Å². The van der Waals surface area contributed by atoms with Gasteiger partial charge < -0.3 is 30.3 Å². The van der Waals surface area contributed by atoms with Crippen LogP contribution in [0.15, 0.2) is 78.6 Å². The van der Waals surface area contributed by atoms with Crippen LogP contribution >= 0.6 is 22.7 Å². The molecule has 0 aliphatic carbocycles. The molecular weight excluding hydrogens is 723 g/mol. The standard InChI is InChI=1S/C40H53N7O5S2/c1-29(2)38-42-25-34(54-38)26-46(3)39(49)45-36(16-17-47-18-20-51-21-19-47)37(48)43-32(22-30-10-6-4-7-11-30)14-15-33(23-31-12-8-5-9-13-31)44-40(50)52-27-35-24-41-28-53-35/h4-13,24-25,28-29,32-33,36H,14-23,26-27H2,1-3H3,(H,43,48)(H,44,50)(H,45,49)/t32-,33-,36+/m1/s1. The van der Waals surface area contributed by atoms with Crippen molar-refractivity contribution in [3.63, 3.8) is 0 Å². The molecule has 2 aromatic heterocycles. The fraction of sp³-hybridized carbons (Fsp3) is 0.475. The molecule has 3 N–H and O–H groups in total. The van der Waals surface area contributed by atoms with Gasteiger partial charge in [-0.3, -0.25) is 14.7 Å². The van der Waals surface area contributed by atoms with Gasteiger partial charge in [-0.1, -0.05) is 74.5 Å². The number of amides is 4. The third kappa shape index (κ3) is 13.8. The summed E-state index contributed by atoms with van der Waals surface area (Å²) in [5.41, 5.74) is 3.87. The predicted molar refractivity (Wildman–Crippen MR) is 213 cm³/mol. The summed E-state index contributed by atoms with van der Waals surface area (Å²) in [6.45, 7) is 8.25. The Labute approximate surface area is 326 Å². The van der Waals surface area contributed by atoms with Crippen molar-refractivity contribution in [3.8, 4) is 0 Å². The number of benzene rings is 2. The van der Waals surface area contributed by atoms with Crippen molar-refractivity contribution in [3.05, 3.63) is 104 Å². The van der Waals surface area contributed by atoms with E-state index in [9.17, 15) is 14.4 Å². The van der Waals surface area contributed by atoms with Gasteiger partial charge in [0.15, 0.2) is 0 Å². The van der Waals surface area contributed by atoms with Crippen LogP contribution in [0.25, 0.3) is 0 Å². The largest absolute Gasteiger partial charge is 0.444 e. The molecule has 12 nitrogen and oxygen atoms in total. The van der Waals surface area contributed by atoms with E-state index in [1.165, 1.54) is 11.3 Å². The third-order valence-electron chi connectivity index (χ3n) is 9.27. The van der Waals surface area contributed by atoms with Gasteiger partial charge in [0.25, 0.3) is 0 Å². The number of rotatable bonds is 19. The second kappa shape index (κ2) is 21.5. The molecule has 290 valence electrons. The second-order valence-electron chi connectivity index (χ2n) is 14.0. The molecule has 5 rings (SSSR count). The highest BCUT2D eigenvalue weighted by Crippen LogP contribution is 2.22. The monoisotopic (exact) mass is 775 g/mol. The van der Waals surface area contributed by atoms with Crippen molar-refractivity contribution < 1.29 is 23.9 Å². The van der Waals surface area contributed by atoms with Gasteiger partial charge in [0.1, 0.15) is 12.6 Å². The Bertz CT molecular complexity index is 1700. The van der Waals surface area contributed by atoms with Gasteiger partial charge in [0.2, 0.25) is 5.91 Å². The van der Waals surface area contributed by atoms with Crippen LogP contribution in [0.2, 0.25) is 0 Å². The van der Waals surface area contributed by atoms with Gasteiger partial charge in [0, 0.05) is 62.0 Å². The highest BCUT2D eigenvalue weighted by molar-refractivity contribution is 7.11. The molecule has 0 bridgehead atoms. The van der Waals surface area contributed by atoms with Crippen LogP contribution in [0.1, 0.15) is 64.9 Å². The molecule has 0 radical (unpaired) electrons. The summed E-state index contributed by atoms with van der Waals surface area (Å²) < 4.78 is 11.1. The number of nitrogens with zero attached hydrogens (tertiary/aromatic N) is 4. The minimum Gasteiger partial charge on any atom is -0.444 e. The number of nitrogens with one attached hydrogen (secondary N) is 3. The van der Waals surface area contributed by atoms with Crippen molar-refractivity contribution in [2.75, 3.05) is 39.9 Å². The molecule has 1 aliphatic heterocycles. The number of hydrogen-bond acceptors (Lipinski definition) is 10. The first-order valence-electron chi connectivity index (χ1n) is 18.7. The van der Waals surface area contributed by atoms with E-state index < -0.39 is 12.1 Å². The van der Waals surface area contributed by atoms with E-state index >= 15 is 0 Å². The number of aromatic nitrogens is 2. The molecule has 0 spiro atoms. The maximum atomic E-state index is 14.2. The van der Waals surface area contributed by atoms with Crippen LogP contribution in [0.4, 0.5) is 9.59 Å². The molecule has 4 aromatic rings. The van der Waals surface area contributed by atoms with Crippen molar-refractivity contribution in [2.24, 2.45) is 0 Å². The zero-order valence-electron chi connectivity index (χ0n) is 31.4. The second-order valence-corrected chi connectivity index (χ2v) is 16.1. The summed E-state index contributed by atoms with van der Waals surface area (Å²) in [5.74, 6) is 0.0785. The van der Waals surface area contributed by atoms with Gasteiger partial charge in [0.05, 0.1) is 35.2 Å². The van der Waals surface area contributed by atoms with Gasteiger partial charge >= 0.3 is 12.1 Å². The number of hydrogen-bond donors (Lipinski definition) is 3. The number of urea groups is 1. The lowest BCUT2D eigenvalue weighted by molar-refractivity contribution is -0.124. The van der Waals surface area contributed by atoms with Crippen molar-refractivity contribution in [1.82, 2.24) is 35.7 Å². The van der Waals surface area contributed by atoms with E-state index in [1.54, 1.807) is 35.0 Å². The molecule has 0 unspecified atom stereocenters. The van der Waals surface area contributed by atoms with Crippen LogP contribution in [0.5, 0.6) is 0 Å². The van der Waals surface area contributed by atoms with E-state index in [1.807, 2.05) is 66.9 Å². The van der Waals surface area contributed by atoms with E-state index in [2.05, 4.69) is 44.7 Å². The average molecular weight is 776 g/mol. The van der Waals surface area contributed by atoms with Crippen LogP contribution in [-0.4, -0.2) is 95.8 Å². The molecule has 1 saturated heterocycles. The first-order valence-corrected chi connectivity index (χ1v) is 20.4. The fourth-order valence-corrected chi connectivity index (χ4v) is 7.72. The van der Waals surface area contributed by atoms with Crippen LogP contribution in [0.3, 0.4) is 0 Å². The van der Waals surface area contributed by atoms with Gasteiger partial charge in [-0.2, -0.15) is 0 Å². The van der Waals surface area contributed by atoms with Crippen molar-refractivity contribution in [1.29, 1.82) is 0 Å². The average Bonchev–Trinajstić information content (AvgIpc) is 3.89. The van der Waals surface area contributed by atoms with Gasteiger partial charge in [-0.25, -0.2) is 14.6 Å². The van der Waals surface area contributed by atoms with E-state index in [0.717, 1.165) is 39.0 Å². The lowest BCUT2D eigenvalue weighted by Gasteiger charge is -2.30. The van der Waals surface area contributed by atoms with Crippen LogP contribution < -0.4 is 16.0 Å². The number of alkyl carbamates (subject to hydrolysis) is 1. The Morgan fingerprint density at radius 1 is 0.870 bits per heavy atom. The molecule has 3 heterocycles. The molecule has 3 atom stereocenters. The van der Waals surface area contributed by atoms with E-state index in [4.69, 9.17) is 9.47 Å². The molecular formula is C40H53N7O5S2. The number of carbonyl (C=O) groups is 3. The first kappa shape index (κ1) is 40.8. The highest BCUT2D eigenvalue weighted by Gasteiger charge is 2.27. The Hall–Kier alpha value is -4.37. The summed E-state index contributed by atoms with van der Waals surface area (Å²) in [6.07, 6.45) is 5.83. The summed E-state index contributed by atoms with van der Waals surface area (Å²) in [7, 11) is 1.74. The predicted octanol–water partition coefficient (Wildman–Crippen LogP) is 6.00. The summed E-state index contributed by atoms with van der Waals surface area (Å²) in [4.78, 5) is 55.1. The summed E-state index contributed by atoms with van der Waals surface area (Å²) in [6, 6.07) is 18.5. The topological polar surface area (TPSA) is 138 Å². The van der Waals surface area contributed by atoms with Crippen molar-refractivity contribution >= 4 is 40.7 Å². The molecule has 54 heavy (non-hydrogen) atoms. The smallest absolute Gasteiger partial charge is 0.407 e. The molecule has 2 aromatic carbocycles. The van der Waals surface area contributed by atoms with Gasteiger partial charge in [-0.05, 0) is 43.2 Å². The number of carbonyl (C=O) groups excluding carboxylic acids is 3. The van der Waals surface area contributed by atoms with E-state index in [-0.39, 0.29) is 30.6 Å². The normalized spacial score (nSPS) is 14.9. The molecule has 0 saturated carbocycles. The molecule has 1 aliphatic rings. The molecule has 4 amide bonds. The van der Waals surface area contributed by atoms with Gasteiger partial charge in [-0.15, -0.1) is 22.7 Å². The molecule has 1 fully saturated rings. The number of ether oxygens (including phenoxy) is 2. The van der Waals surface area contributed by atoms with Crippen LogP contribution in [0, 0.1) is 0 Å². The maximum absolute atomic E-state index is 14.2. The Balaban J connectivity index is 1.28. The summed E-state index contributed by atoms with van der Waals surface area (Å²) >= 11 is 3.03. The minimum absolute atomic E-state index is 0.150. The van der Waals surface area contributed by atoms with Crippen molar-refractivity contribution in [2.45, 2.75) is 83.1 Å². The number of thiazole rings is 2. The quantitative estimate of drug-likeness (QED) is 0.106. The molecule has 14 heteroatoms. The Morgan fingerprint density at radius 3 is 2.11 bits per heavy atom. The lowest BCUT2D eigenvalue weighted by Crippen LogP contribution is -2.54. The lowest BCUT2D eigenvalue weighted by atomic mass is 9.95. The summed E-state index contributed by atoms with van der Waals surface area (Å²) in [5, 5.41) is 10.5. The number of morpholine rings is 1. The Kier molecular flexibility index (Phi) is 16.2. The Morgan fingerprint density at radius 2 is 1.52 bits per heavy atom.